The van der Waals surface area contributed by atoms with Crippen LogP contribution in [-0.2, 0) is 0 Å². The summed E-state index contributed by atoms with van der Waals surface area (Å²) < 4.78 is 0. The minimum absolute atomic E-state index is 0.0725. The predicted molar refractivity (Wildman–Crippen MR) is 76.4 cm³/mol. The maximum absolute atomic E-state index is 12.1. The maximum Gasteiger partial charge on any atom is 0.342 e. The summed E-state index contributed by atoms with van der Waals surface area (Å²) >= 11 is 0.999. The fourth-order valence-electron chi connectivity index (χ4n) is 1.68. The summed E-state index contributed by atoms with van der Waals surface area (Å²) in [5.41, 5.74) is 1.28. The number of aryl methyl sites for hydroxylation is 2. The molecular weight excluding hydrogens is 278 g/mol. The van der Waals surface area contributed by atoms with Gasteiger partial charge >= 0.3 is 5.69 Å². The van der Waals surface area contributed by atoms with Gasteiger partial charge in [-0.1, -0.05) is 29.5 Å². The number of carbonyl (C=O) groups excluding carboxylic acids is 1. The van der Waals surface area contributed by atoms with Crippen LogP contribution in [-0.4, -0.2) is 26.7 Å². The van der Waals surface area contributed by atoms with Crippen molar-refractivity contribution in [2.45, 2.75) is 18.9 Å². The van der Waals surface area contributed by atoms with E-state index in [2.05, 4.69) is 15.2 Å². The highest BCUT2D eigenvalue weighted by Gasteiger charge is 2.12. The number of nitrogens with one attached hydrogen (secondary N) is 2. The van der Waals surface area contributed by atoms with Crippen LogP contribution in [0.3, 0.4) is 0 Å². The van der Waals surface area contributed by atoms with E-state index in [-0.39, 0.29) is 16.6 Å². The third kappa shape index (κ3) is 3.24. The summed E-state index contributed by atoms with van der Waals surface area (Å²) in [6.45, 7) is 3.78. The van der Waals surface area contributed by atoms with E-state index in [0.717, 1.165) is 22.9 Å². The fourth-order valence-corrected chi connectivity index (χ4v) is 2.40. The first-order chi connectivity index (χ1) is 9.47. The van der Waals surface area contributed by atoms with Gasteiger partial charge < -0.3 is 0 Å². The van der Waals surface area contributed by atoms with E-state index in [1.165, 1.54) is 0 Å². The number of ketones is 1. The van der Waals surface area contributed by atoms with Crippen LogP contribution in [0.15, 0.2) is 32.8 Å². The molecule has 0 aliphatic carbocycles. The molecule has 0 amide bonds. The van der Waals surface area contributed by atoms with E-state index in [4.69, 9.17) is 0 Å². The van der Waals surface area contributed by atoms with E-state index >= 15 is 0 Å². The summed E-state index contributed by atoms with van der Waals surface area (Å²) in [5.74, 6) is 0.00970. The van der Waals surface area contributed by atoms with Crippen molar-refractivity contribution in [3.8, 4) is 0 Å². The van der Waals surface area contributed by atoms with Crippen molar-refractivity contribution < 1.29 is 4.79 Å². The summed E-state index contributed by atoms with van der Waals surface area (Å²) in [6.07, 6.45) is 0. The number of rotatable bonds is 4. The highest BCUT2D eigenvalue weighted by molar-refractivity contribution is 7.99. The second-order valence-corrected chi connectivity index (χ2v) is 5.31. The van der Waals surface area contributed by atoms with Crippen LogP contribution >= 0.6 is 11.8 Å². The molecule has 2 N–H and O–H groups in total. The molecule has 2 aromatic rings. The topological polar surface area (TPSA) is 95.7 Å². The lowest BCUT2D eigenvalue weighted by atomic mass is 10.0. The van der Waals surface area contributed by atoms with Crippen LogP contribution in [0.25, 0.3) is 0 Å². The van der Waals surface area contributed by atoms with Gasteiger partial charge in [-0.15, -0.1) is 0 Å². The molecule has 1 aromatic carbocycles. The van der Waals surface area contributed by atoms with E-state index in [0.29, 0.717) is 5.56 Å². The van der Waals surface area contributed by atoms with E-state index in [1.54, 1.807) is 0 Å². The molecule has 2 rings (SSSR count). The molecule has 1 heterocycles. The average molecular weight is 291 g/mol. The Hall–Kier alpha value is -2.15. The third-order valence-corrected chi connectivity index (χ3v) is 3.67. The first-order valence-corrected chi connectivity index (χ1v) is 6.88. The van der Waals surface area contributed by atoms with Crippen LogP contribution in [0, 0.1) is 13.8 Å². The highest BCUT2D eigenvalue weighted by atomic mass is 32.2. The van der Waals surface area contributed by atoms with Crippen molar-refractivity contribution in [2.75, 3.05) is 5.75 Å². The number of aromatic amines is 2. The van der Waals surface area contributed by atoms with Gasteiger partial charge in [0.05, 0.1) is 5.75 Å². The number of hydrogen-bond acceptors (Lipinski definition) is 5. The summed E-state index contributed by atoms with van der Waals surface area (Å²) in [7, 11) is 0. The zero-order valence-corrected chi connectivity index (χ0v) is 11.8. The number of Topliss-reactive ketones (excluding diaryl/α,β-unsaturated/α-hetero) is 1. The van der Waals surface area contributed by atoms with Gasteiger partial charge in [0.15, 0.2) is 10.8 Å². The van der Waals surface area contributed by atoms with Crippen molar-refractivity contribution >= 4 is 17.5 Å². The molecule has 0 bridgehead atoms. The quantitative estimate of drug-likeness (QED) is 0.648. The molecule has 6 nitrogen and oxygen atoms in total. The van der Waals surface area contributed by atoms with Gasteiger partial charge in [0.1, 0.15) is 0 Å². The Morgan fingerprint density at radius 2 is 2.05 bits per heavy atom. The Morgan fingerprint density at radius 1 is 1.30 bits per heavy atom. The normalized spacial score (nSPS) is 10.5. The summed E-state index contributed by atoms with van der Waals surface area (Å²) in [4.78, 5) is 36.5. The molecule has 20 heavy (non-hydrogen) atoms. The smallest absolute Gasteiger partial charge is 0.293 e. The van der Waals surface area contributed by atoms with Crippen molar-refractivity contribution in [1.29, 1.82) is 0 Å². The van der Waals surface area contributed by atoms with Gasteiger partial charge in [-0.05, 0) is 25.5 Å². The number of carbonyl (C=O) groups is 1. The summed E-state index contributed by atoms with van der Waals surface area (Å²) in [5, 5.41) is 5.82. The lowest BCUT2D eigenvalue weighted by Crippen LogP contribution is -2.25. The number of H-pyrrole nitrogens is 2. The largest absolute Gasteiger partial charge is 0.342 e. The molecule has 0 atom stereocenters. The highest BCUT2D eigenvalue weighted by Crippen LogP contribution is 2.16. The van der Waals surface area contributed by atoms with Crippen LogP contribution in [0.4, 0.5) is 0 Å². The Balaban J connectivity index is 2.14. The standard InChI is InChI=1S/C13H13N3O3S/c1-7-3-4-8(2)9(5-7)10(17)6-20-12-11(18)14-13(19)16-15-12/h3-5H,6H2,1-2H3,(H2,14,16,18,19). The zero-order valence-electron chi connectivity index (χ0n) is 11.0. The summed E-state index contributed by atoms with van der Waals surface area (Å²) in [6, 6.07) is 5.65. The molecule has 0 aliphatic rings. The van der Waals surface area contributed by atoms with Crippen molar-refractivity contribution in [1.82, 2.24) is 15.2 Å². The van der Waals surface area contributed by atoms with Crippen LogP contribution < -0.4 is 11.2 Å². The molecule has 104 valence electrons. The number of aromatic nitrogens is 3. The van der Waals surface area contributed by atoms with Crippen LogP contribution in [0.2, 0.25) is 0 Å². The van der Waals surface area contributed by atoms with Crippen molar-refractivity contribution in [3.05, 3.63) is 55.7 Å². The molecule has 7 heteroatoms. The molecule has 0 unspecified atom stereocenters. The average Bonchev–Trinajstić information content (AvgIpc) is 2.40. The van der Waals surface area contributed by atoms with Gasteiger partial charge in [-0.2, -0.15) is 5.10 Å². The molecule has 0 radical (unpaired) electrons. The Bertz CT molecular complexity index is 764. The first-order valence-electron chi connectivity index (χ1n) is 5.89. The second-order valence-electron chi connectivity index (χ2n) is 4.34. The van der Waals surface area contributed by atoms with E-state index in [9.17, 15) is 14.4 Å². The van der Waals surface area contributed by atoms with E-state index < -0.39 is 11.2 Å². The number of benzene rings is 1. The van der Waals surface area contributed by atoms with Crippen LogP contribution in [0.1, 0.15) is 21.5 Å². The van der Waals surface area contributed by atoms with Gasteiger partial charge in [-0.25, -0.2) is 9.89 Å². The maximum atomic E-state index is 12.1. The van der Waals surface area contributed by atoms with E-state index in [1.807, 2.05) is 32.0 Å². The predicted octanol–water partition coefficient (Wildman–Crippen LogP) is 1.05. The van der Waals surface area contributed by atoms with Crippen LogP contribution in [0.5, 0.6) is 0 Å². The number of nitrogens with zero attached hydrogens (tertiary/aromatic N) is 1. The van der Waals surface area contributed by atoms with Gasteiger partial charge in [0, 0.05) is 5.56 Å². The molecule has 0 fully saturated rings. The lowest BCUT2D eigenvalue weighted by Gasteiger charge is -2.05. The first kappa shape index (κ1) is 14.3. The SMILES string of the molecule is Cc1ccc(C)c(C(=O)CSc2n[nH]c(=O)[nH]c2=O)c1. The fraction of sp³-hybridized carbons (Fsp3) is 0.231. The van der Waals surface area contributed by atoms with Gasteiger partial charge in [0.2, 0.25) is 0 Å². The number of thioether (sulfide) groups is 1. The second kappa shape index (κ2) is 5.87. The Kier molecular flexibility index (Phi) is 4.19. The van der Waals surface area contributed by atoms with Gasteiger partial charge in [-0.3, -0.25) is 14.6 Å². The molecule has 0 aliphatic heterocycles. The molecule has 1 aromatic heterocycles. The Labute approximate surface area is 118 Å². The third-order valence-electron chi connectivity index (χ3n) is 2.71. The molecule has 0 saturated carbocycles. The van der Waals surface area contributed by atoms with Crippen molar-refractivity contribution in [3.63, 3.8) is 0 Å². The minimum atomic E-state index is -0.666. The minimum Gasteiger partial charge on any atom is -0.293 e. The zero-order chi connectivity index (χ0) is 14.7. The van der Waals surface area contributed by atoms with Crippen molar-refractivity contribution in [2.24, 2.45) is 0 Å². The Morgan fingerprint density at radius 3 is 2.75 bits per heavy atom. The lowest BCUT2D eigenvalue weighted by molar-refractivity contribution is 0.102. The molecular formula is C13H13N3O3S. The number of hydrogen-bond donors (Lipinski definition) is 2. The molecule has 0 spiro atoms. The van der Waals surface area contributed by atoms with Gasteiger partial charge in [0.25, 0.3) is 5.56 Å². The molecule has 0 saturated heterocycles. The monoisotopic (exact) mass is 291 g/mol.